The number of aryl methyl sites for hydroxylation is 1. The lowest BCUT2D eigenvalue weighted by Crippen LogP contribution is -2.46. The number of amides is 2. The molecule has 2 atom stereocenters. The van der Waals surface area contributed by atoms with Gasteiger partial charge in [-0.2, -0.15) is 0 Å². The number of hydrogen-bond acceptors (Lipinski definition) is 4. The Hall–Kier alpha value is -1.50. The second-order valence-electron chi connectivity index (χ2n) is 6.56. The lowest BCUT2D eigenvalue weighted by molar-refractivity contribution is 0.163. The fraction of sp³-hybridized carbons (Fsp3) is 0.688. The first kappa shape index (κ1) is 16.4. The van der Waals surface area contributed by atoms with Crippen molar-refractivity contribution in [1.29, 1.82) is 0 Å². The van der Waals surface area contributed by atoms with Crippen molar-refractivity contribution in [3.63, 3.8) is 0 Å². The van der Waals surface area contributed by atoms with E-state index < -0.39 is 9.84 Å². The molecule has 2 amide bonds. The molecular formula is C16H24N2O4S. The molecular weight excluding hydrogens is 316 g/mol. The zero-order valence-electron chi connectivity index (χ0n) is 13.5. The van der Waals surface area contributed by atoms with Crippen molar-refractivity contribution in [1.82, 2.24) is 10.2 Å². The Morgan fingerprint density at radius 2 is 2.09 bits per heavy atom. The summed E-state index contributed by atoms with van der Waals surface area (Å²) in [6.07, 6.45) is 4.51. The highest BCUT2D eigenvalue weighted by Crippen LogP contribution is 2.31. The van der Waals surface area contributed by atoms with Crippen LogP contribution in [0.4, 0.5) is 4.79 Å². The van der Waals surface area contributed by atoms with Crippen LogP contribution in [-0.4, -0.2) is 43.4 Å². The van der Waals surface area contributed by atoms with Crippen LogP contribution in [0.5, 0.6) is 0 Å². The van der Waals surface area contributed by atoms with Crippen molar-refractivity contribution in [2.75, 3.05) is 18.1 Å². The van der Waals surface area contributed by atoms with Gasteiger partial charge in [0.2, 0.25) is 0 Å². The molecule has 0 saturated carbocycles. The van der Waals surface area contributed by atoms with E-state index in [1.54, 1.807) is 0 Å². The molecule has 1 aromatic heterocycles. The number of nitrogens with one attached hydrogen (secondary N) is 1. The topological polar surface area (TPSA) is 79.6 Å². The maximum atomic E-state index is 12.7. The summed E-state index contributed by atoms with van der Waals surface area (Å²) in [7, 11) is -2.99. The van der Waals surface area contributed by atoms with Gasteiger partial charge >= 0.3 is 6.03 Å². The van der Waals surface area contributed by atoms with Crippen molar-refractivity contribution in [3.05, 3.63) is 23.7 Å². The minimum absolute atomic E-state index is 0.0527. The maximum Gasteiger partial charge on any atom is 0.318 e. The van der Waals surface area contributed by atoms with Gasteiger partial charge in [-0.05, 0) is 38.3 Å². The molecule has 7 heteroatoms. The molecule has 2 aliphatic rings. The van der Waals surface area contributed by atoms with Gasteiger partial charge in [0.05, 0.1) is 17.5 Å². The lowest BCUT2D eigenvalue weighted by Gasteiger charge is -2.30. The molecule has 2 fully saturated rings. The summed E-state index contributed by atoms with van der Waals surface area (Å²) in [5.41, 5.74) is 0. The van der Waals surface area contributed by atoms with Gasteiger partial charge in [0.1, 0.15) is 11.5 Å². The maximum absolute atomic E-state index is 12.7. The van der Waals surface area contributed by atoms with Crippen LogP contribution in [0.1, 0.15) is 49.7 Å². The van der Waals surface area contributed by atoms with Crippen LogP contribution in [0.3, 0.4) is 0 Å². The SMILES string of the molecule is Cc1ccc([C@H]2CCCCCN2C(=O)N[C@H]2CCS(=O)(=O)C2)o1. The summed E-state index contributed by atoms with van der Waals surface area (Å²) in [5.74, 6) is 1.88. The van der Waals surface area contributed by atoms with E-state index in [9.17, 15) is 13.2 Å². The molecule has 2 saturated heterocycles. The van der Waals surface area contributed by atoms with Crippen LogP contribution in [0, 0.1) is 6.92 Å². The van der Waals surface area contributed by atoms with Crippen LogP contribution in [0.2, 0.25) is 0 Å². The van der Waals surface area contributed by atoms with Crippen LogP contribution < -0.4 is 5.32 Å². The minimum atomic E-state index is -2.99. The van der Waals surface area contributed by atoms with Crippen LogP contribution in [-0.2, 0) is 9.84 Å². The van der Waals surface area contributed by atoms with Crippen molar-refractivity contribution in [2.24, 2.45) is 0 Å². The number of sulfone groups is 1. The molecule has 128 valence electrons. The second-order valence-corrected chi connectivity index (χ2v) is 8.79. The van der Waals surface area contributed by atoms with Gasteiger partial charge in [-0.1, -0.05) is 12.8 Å². The fourth-order valence-electron chi connectivity index (χ4n) is 3.45. The largest absolute Gasteiger partial charge is 0.464 e. The van der Waals surface area contributed by atoms with Crippen molar-refractivity contribution in [2.45, 2.75) is 51.1 Å². The smallest absolute Gasteiger partial charge is 0.318 e. The number of rotatable bonds is 2. The number of likely N-dealkylation sites (tertiary alicyclic amines) is 1. The molecule has 2 aliphatic heterocycles. The van der Waals surface area contributed by atoms with E-state index in [1.807, 2.05) is 24.0 Å². The highest BCUT2D eigenvalue weighted by molar-refractivity contribution is 7.91. The average Bonchev–Trinajstić information content (AvgIpc) is 2.95. The molecule has 0 aliphatic carbocycles. The number of hydrogen-bond donors (Lipinski definition) is 1. The standard InChI is InChI=1S/C16H24N2O4S/c1-12-6-7-15(22-12)14-5-3-2-4-9-18(14)16(19)17-13-8-10-23(20,21)11-13/h6-7,13-14H,2-5,8-11H2,1H3,(H,17,19)/t13-,14+/m0/s1. The van der Waals surface area contributed by atoms with Crippen LogP contribution in [0.15, 0.2) is 16.5 Å². The third-order valence-corrected chi connectivity index (χ3v) is 6.43. The predicted octanol–water partition coefficient (Wildman–Crippen LogP) is 2.40. The fourth-order valence-corrected chi connectivity index (χ4v) is 5.12. The summed E-state index contributed by atoms with van der Waals surface area (Å²) in [5, 5.41) is 2.90. The third kappa shape index (κ3) is 3.88. The molecule has 3 rings (SSSR count). The van der Waals surface area contributed by atoms with E-state index >= 15 is 0 Å². The first-order valence-electron chi connectivity index (χ1n) is 8.28. The highest BCUT2D eigenvalue weighted by Gasteiger charge is 2.33. The molecule has 0 spiro atoms. The normalized spacial score (nSPS) is 27.6. The van der Waals surface area contributed by atoms with Crippen molar-refractivity contribution < 1.29 is 17.6 Å². The van der Waals surface area contributed by atoms with Gasteiger partial charge in [0.25, 0.3) is 0 Å². The molecule has 23 heavy (non-hydrogen) atoms. The van der Waals surface area contributed by atoms with E-state index in [4.69, 9.17) is 4.42 Å². The Bertz CT molecular complexity index is 667. The Kier molecular flexibility index (Phi) is 4.66. The summed E-state index contributed by atoms with van der Waals surface area (Å²) in [6.45, 7) is 2.57. The first-order valence-corrected chi connectivity index (χ1v) is 10.1. The summed E-state index contributed by atoms with van der Waals surface area (Å²) < 4.78 is 28.9. The molecule has 0 bridgehead atoms. The number of urea groups is 1. The number of carbonyl (C=O) groups excluding carboxylic acids is 1. The van der Waals surface area contributed by atoms with Crippen molar-refractivity contribution >= 4 is 15.9 Å². The molecule has 0 unspecified atom stereocenters. The van der Waals surface area contributed by atoms with E-state index in [0.29, 0.717) is 13.0 Å². The summed E-state index contributed by atoms with van der Waals surface area (Å²) in [4.78, 5) is 14.5. The Balaban J connectivity index is 1.72. The summed E-state index contributed by atoms with van der Waals surface area (Å²) in [6, 6.07) is 3.35. The number of furan rings is 1. The van der Waals surface area contributed by atoms with E-state index in [1.165, 1.54) is 0 Å². The van der Waals surface area contributed by atoms with Gasteiger partial charge in [-0.15, -0.1) is 0 Å². The zero-order chi connectivity index (χ0) is 16.4. The van der Waals surface area contributed by atoms with Gasteiger partial charge in [0, 0.05) is 12.6 Å². The molecule has 0 radical (unpaired) electrons. The first-order chi connectivity index (χ1) is 10.9. The number of carbonyl (C=O) groups is 1. The molecule has 1 N–H and O–H groups in total. The van der Waals surface area contributed by atoms with Gasteiger partial charge in [-0.3, -0.25) is 0 Å². The minimum Gasteiger partial charge on any atom is -0.464 e. The Morgan fingerprint density at radius 3 is 2.74 bits per heavy atom. The molecule has 6 nitrogen and oxygen atoms in total. The predicted molar refractivity (Wildman–Crippen MR) is 87.0 cm³/mol. The van der Waals surface area contributed by atoms with Gasteiger partial charge in [0.15, 0.2) is 9.84 Å². The zero-order valence-corrected chi connectivity index (χ0v) is 14.3. The average molecular weight is 340 g/mol. The number of nitrogens with zero attached hydrogens (tertiary/aromatic N) is 1. The molecule has 1 aromatic rings. The Labute approximate surface area is 137 Å². The second kappa shape index (κ2) is 6.55. The third-order valence-electron chi connectivity index (χ3n) is 4.66. The quantitative estimate of drug-likeness (QED) is 0.896. The molecule has 0 aromatic carbocycles. The van der Waals surface area contributed by atoms with E-state index in [0.717, 1.165) is 37.2 Å². The van der Waals surface area contributed by atoms with Crippen LogP contribution >= 0.6 is 0 Å². The van der Waals surface area contributed by atoms with E-state index in [2.05, 4.69) is 5.32 Å². The van der Waals surface area contributed by atoms with Crippen molar-refractivity contribution in [3.8, 4) is 0 Å². The molecule has 3 heterocycles. The summed E-state index contributed by atoms with van der Waals surface area (Å²) >= 11 is 0. The van der Waals surface area contributed by atoms with Gasteiger partial charge in [-0.25, -0.2) is 13.2 Å². The highest BCUT2D eigenvalue weighted by atomic mass is 32.2. The lowest BCUT2D eigenvalue weighted by atomic mass is 10.1. The monoisotopic (exact) mass is 340 g/mol. The van der Waals surface area contributed by atoms with Gasteiger partial charge < -0.3 is 14.6 Å². The Morgan fingerprint density at radius 1 is 1.26 bits per heavy atom. The van der Waals surface area contributed by atoms with E-state index in [-0.39, 0.29) is 29.6 Å². The van der Waals surface area contributed by atoms with Crippen LogP contribution in [0.25, 0.3) is 0 Å².